The van der Waals surface area contributed by atoms with Crippen LogP contribution in [0, 0.1) is 0 Å². The van der Waals surface area contributed by atoms with E-state index in [-0.39, 0.29) is 21.0 Å². The first-order valence-corrected chi connectivity index (χ1v) is 7.69. The van der Waals surface area contributed by atoms with Crippen molar-refractivity contribution >= 4 is 41.1 Å². The molecule has 0 unspecified atom stereocenters. The summed E-state index contributed by atoms with van der Waals surface area (Å²) >= 11 is 7.57. The summed E-state index contributed by atoms with van der Waals surface area (Å²) in [6.07, 6.45) is 4.20. The molecule has 0 heterocycles. The number of thioether (sulfide) groups is 1. The zero-order valence-corrected chi connectivity index (χ0v) is 12.5. The van der Waals surface area contributed by atoms with Crippen molar-refractivity contribution in [3.8, 4) is 0 Å². The lowest BCUT2D eigenvalue weighted by Gasteiger charge is -2.14. The minimum atomic E-state index is -1.17. The maximum Gasteiger partial charge on any atom is 0.339 e. The number of carboxylic acids is 1. The fourth-order valence-corrected chi connectivity index (χ4v) is 2.83. The van der Waals surface area contributed by atoms with Crippen LogP contribution >= 0.6 is 23.4 Å². The smallest absolute Gasteiger partial charge is 0.339 e. The summed E-state index contributed by atoms with van der Waals surface area (Å²) in [5, 5.41) is 14.5. The Kier molecular flexibility index (Phi) is 4.45. The van der Waals surface area contributed by atoms with Gasteiger partial charge in [-0.15, -0.1) is 0 Å². The lowest BCUT2D eigenvalue weighted by Crippen LogP contribution is -2.35. The molecule has 0 atom stereocenters. The number of carboxylic acid groups (broad SMARTS) is 1. The highest BCUT2D eigenvalue weighted by Crippen LogP contribution is 2.46. The van der Waals surface area contributed by atoms with Gasteiger partial charge in [0.15, 0.2) is 0 Å². The van der Waals surface area contributed by atoms with Crippen LogP contribution in [0.2, 0.25) is 5.02 Å². The second-order valence-electron chi connectivity index (χ2n) is 4.66. The first-order chi connectivity index (χ1) is 9.47. The van der Waals surface area contributed by atoms with E-state index in [1.165, 1.54) is 12.1 Å². The second-order valence-corrected chi connectivity index (χ2v) is 6.34. The monoisotopic (exact) mass is 314 g/mol. The lowest BCUT2D eigenvalue weighted by molar-refractivity contribution is 0.0698. The molecule has 2 amide bonds. The number of aromatic carboxylic acids is 1. The Morgan fingerprint density at radius 3 is 2.70 bits per heavy atom. The van der Waals surface area contributed by atoms with Crippen molar-refractivity contribution in [3.63, 3.8) is 0 Å². The number of anilines is 1. The van der Waals surface area contributed by atoms with Gasteiger partial charge < -0.3 is 15.7 Å². The van der Waals surface area contributed by atoms with E-state index in [1.807, 2.05) is 6.26 Å². The number of nitrogens with one attached hydrogen (secondary N) is 2. The van der Waals surface area contributed by atoms with Crippen LogP contribution in [0.5, 0.6) is 0 Å². The summed E-state index contributed by atoms with van der Waals surface area (Å²) in [7, 11) is 0. The maximum atomic E-state index is 11.8. The summed E-state index contributed by atoms with van der Waals surface area (Å²) in [6, 6.07) is 4.15. The fourth-order valence-electron chi connectivity index (χ4n) is 1.85. The molecule has 1 aliphatic rings. The predicted octanol–water partition coefficient (Wildman–Crippen LogP) is 3.06. The predicted molar refractivity (Wildman–Crippen MR) is 80.9 cm³/mol. The van der Waals surface area contributed by atoms with Crippen LogP contribution in [0.4, 0.5) is 10.5 Å². The number of hydrogen-bond acceptors (Lipinski definition) is 3. The van der Waals surface area contributed by atoms with Gasteiger partial charge in [0.2, 0.25) is 0 Å². The highest BCUT2D eigenvalue weighted by Gasteiger charge is 2.41. The van der Waals surface area contributed by atoms with E-state index in [0.29, 0.717) is 6.54 Å². The van der Waals surface area contributed by atoms with Gasteiger partial charge in [0.1, 0.15) is 5.56 Å². The molecule has 0 radical (unpaired) electrons. The molecular formula is C13H15ClN2O3S. The van der Waals surface area contributed by atoms with Crippen LogP contribution in [0.3, 0.4) is 0 Å². The third-order valence-electron chi connectivity index (χ3n) is 3.29. The minimum Gasteiger partial charge on any atom is -0.478 e. The minimum absolute atomic E-state index is 0.0954. The SMILES string of the molecule is CSC1(CNC(=O)Nc2cccc(Cl)c2C(=O)O)CC1. The number of urea groups is 1. The van der Waals surface area contributed by atoms with Crippen LogP contribution in [0.25, 0.3) is 0 Å². The first-order valence-electron chi connectivity index (χ1n) is 6.09. The van der Waals surface area contributed by atoms with Crippen LogP contribution < -0.4 is 10.6 Å². The number of halogens is 1. The van der Waals surface area contributed by atoms with Crippen molar-refractivity contribution < 1.29 is 14.7 Å². The number of amides is 2. The van der Waals surface area contributed by atoms with Crippen molar-refractivity contribution in [3.05, 3.63) is 28.8 Å². The third-order valence-corrected chi connectivity index (χ3v) is 5.02. The largest absolute Gasteiger partial charge is 0.478 e. The van der Waals surface area contributed by atoms with E-state index in [4.69, 9.17) is 16.7 Å². The fraction of sp³-hybridized carbons (Fsp3) is 0.385. The Morgan fingerprint density at radius 1 is 1.45 bits per heavy atom. The van der Waals surface area contributed by atoms with E-state index in [0.717, 1.165) is 12.8 Å². The average molecular weight is 315 g/mol. The van der Waals surface area contributed by atoms with Gasteiger partial charge in [0.05, 0.1) is 10.7 Å². The Hall–Kier alpha value is -1.40. The molecular weight excluding hydrogens is 300 g/mol. The van der Waals surface area contributed by atoms with Crippen molar-refractivity contribution in [2.75, 3.05) is 18.1 Å². The Balaban J connectivity index is 2.01. The van der Waals surface area contributed by atoms with Crippen LogP contribution in [-0.2, 0) is 0 Å². The summed E-state index contributed by atoms with van der Waals surface area (Å²) < 4.78 is 0.154. The molecule has 1 aromatic carbocycles. The molecule has 0 aromatic heterocycles. The van der Waals surface area contributed by atoms with Crippen LogP contribution in [0.1, 0.15) is 23.2 Å². The number of rotatable bonds is 5. The van der Waals surface area contributed by atoms with E-state index in [9.17, 15) is 9.59 Å². The first kappa shape index (κ1) is 15.0. The van der Waals surface area contributed by atoms with Gasteiger partial charge in [-0.1, -0.05) is 17.7 Å². The summed E-state index contributed by atoms with van der Waals surface area (Å²) in [5.41, 5.74) is 0.0896. The molecule has 5 nitrogen and oxygen atoms in total. The topological polar surface area (TPSA) is 78.4 Å². The number of carbonyl (C=O) groups is 2. The molecule has 0 bridgehead atoms. The molecule has 20 heavy (non-hydrogen) atoms. The second kappa shape index (κ2) is 5.93. The number of carbonyl (C=O) groups excluding carboxylic acids is 1. The maximum absolute atomic E-state index is 11.8. The van der Waals surface area contributed by atoms with Gasteiger partial charge in [0, 0.05) is 11.3 Å². The number of benzene rings is 1. The van der Waals surface area contributed by atoms with Gasteiger partial charge >= 0.3 is 12.0 Å². The molecule has 1 aliphatic carbocycles. The zero-order valence-electron chi connectivity index (χ0n) is 10.9. The normalized spacial score (nSPS) is 15.5. The van der Waals surface area contributed by atoms with Crippen LogP contribution in [-0.4, -0.2) is 34.7 Å². The van der Waals surface area contributed by atoms with Crippen molar-refractivity contribution in [2.45, 2.75) is 17.6 Å². The van der Waals surface area contributed by atoms with E-state index < -0.39 is 12.0 Å². The van der Waals surface area contributed by atoms with Crippen molar-refractivity contribution in [1.29, 1.82) is 0 Å². The average Bonchev–Trinajstić information content (AvgIpc) is 3.17. The Morgan fingerprint density at radius 2 is 2.15 bits per heavy atom. The third kappa shape index (κ3) is 3.37. The highest BCUT2D eigenvalue weighted by atomic mass is 35.5. The molecule has 3 N–H and O–H groups in total. The highest BCUT2D eigenvalue weighted by molar-refractivity contribution is 8.00. The van der Waals surface area contributed by atoms with Crippen LogP contribution in [0.15, 0.2) is 18.2 Å². The van der Waals surface area contributed by atoms with Gasteiger partial charge in [-0.2, -0.15) is 11.8 Å². The molecule has 7 heteroatoms. The molecule has 2 rings (SSSR count). The van der Waals surface area contributed by atoms with Crippen molar-refractivity contribution in [2.24, 2.45) is 0 Å². The molecule has 0 aliphatic heterocycles. The van der Waals surface area contributed by atoms with Crippen molar-refractivity contribution in [1.82, 2.24) is 5.32 Å². The molecule has 1 saturated carbocycles. The molecule has 108 valence electrons. The van der Waals surface area contributed by atoms with Gasteiger partial charge in [-0.05, 0) is 31.2 Å². The quantitative estimate of drug-likeness (QED) is 0.780. The van der Waals surface area contributed by atoms with E-state index in [2.05, 4.69) is 10.6 Å². The lowest BCUT2D eigenvalue weighted by atomic mass is 10.2. The van der Waals surface area contributed by atoms with Gasteiger partial charge in [-0.25, -0.2) is 9.59 Å². The standard InChI is InChI=1S/C13H15ClN2O3S/c1-20-13(5-6-13)7-15-12(19)16-9-4-2-3-8(14)10(9)11(17)18/h2-4H,5-7H2,1H3,(H,17,18)(H2,15,16,19). The molecule has 1 fully saturated rings. The summed E-state index contributed by atoms with van der Waals surface area (Å²) in [4.78, 5) is 23.0. The number of hydrogen-bond donors (Lipinski definition) is 3. The Labute approximate surface area is 126 Å². The van der Waals surface area contributed by atoms with Gasteiger partial charge in [0.25, 0.3) is 0 Å². The van der Waals surface area contributed by atoms with Gasteiger partial charge in [-0.3, -0.25) is 0 Å². The van der Waals surface area contributed by atoms with E-state index in [1.54, 1.807) is 17.8 Å². The molecule has 1 aromatic rings. The summed E-state index contributed by atoms with van der Waals surface area (Å²) in [5.74, 6) is -1.17. The summed E-state index contributed by atoms with van der Waals surface area (Å²) in [6.45, 7) is 0.572. The molecule has 0 saturated heterocycles. The van der Waals surface area contributed by atoms with E-state index >= 15 is 0 Å². The molecule has 0 spiro atoms. The zero-order chi connectivity index (χ0) is 14.8. The Bertz CT molecular complexity index is 546.